The van der Waals surface area contributed by atoms with Crippen molar-refractivity contribution < 1.29 is 19.1 Å². The second-order valence-corrected chi connectivity index (χ2v) is 4.92. The van der Waals surface area contributed by atoms with Crippen molar-refractivity contribution in [2.24, 2.45) is 5.41 Å². The summed E-state index contributed by atoms with van der Waals surface area (Å²) in [5, 5.41) is 0. The molecule has 0 radical (unpaired) electrons. The summed E-state index contributed by atoms with van der Waals surface area (Å²) < 4.78 is 10.1. The molecule has 0 amide bonds. The Morgan fingerprint density at radius 3 is 2.69 bits per heavy atom. The van der Waals surface area contributed by atoms with E-state index in [-0.39, 0.29) is 5.97 Å². The predicted octanol–water partition coefficient (Wildman–Crippen LogP) is 2.06. The second kappa shape index (κ2) is 5.32. The predicted molar refractivity (Wildman–Crippen MR) is 58.8 cm³/mol. The van der Waals surface area contributed by atoms with Crippen LogP contribution < -0.4 is 0 Å². The maximum atomic E-state index is 11.5. The highest BCUT2D eigenvalue weighted by Gasteiger charge is 2.46. The number of unbranched alkanes of at least 4 members (excludes halogenated alkanes) is 2. The Bertz CT molecular complexity index is 270. The molecular formula is C12H20O4. The van der Waals surface area contributed by atoms with Crippen molar-refractivity contribution in [2.75, 3.05) is 6.61 Å². The average Bonchev–Trinajstić information content (AvgIpc) is 2.45. The van der Waals surface area contributed by atoms with Crippen LogP contribution in [0.3, 0.4) is 0 Å². The van der Waals surface area contributed by atoms with Gasteiger partial charge in [0.1, 0.15) is 6.61 Å². The van der Waals surface area contributed by atoms with E-state index in [4.69, 9.17) is 9.47 Å². The highest BCUT2D eigenvalue weighted by Crippen LogP contribution is 2.31. The summed E-state index contributed by atoms with van der Waals surface area (Å²) in [7, 11) is 0. The Hall–Kier alpha value is -1.06. The molecule has 1 aliphatic heterocycles. The smallest absolute Gasteiger partial charge is 0.348 e. The normalized spacial score (nSPS) is 22.9. The lowest BCUT2D eigenvalue weighted by molar-refractivity contribution is -0.163. The number of carbonyl (C=O) groups excluding carboxylic acids is 2. The molecule has 1 aliphatic rings. The van der Waals surface area contributed by atoms with Gasteiger partial charge >= 0.3 is 11.9 Å². The minimum atomic E-state index is -0.735. The van der Waals surface area contributed by atoms with Crippen LogP contribution in [0.15, 0.2) is 0 Å². The Morgan fingerprint density at radius 2 is 2.19 bits per heavy atom. The average molecular weight is 228 g/mol. The van der Waals surface area contributed by atoms with E-state index in [1.54, 1.807) is 0 Å². The monoisotopic (exact) mass is 228 g/mol. The lowest BCUT2D eigenvalue weighted by Gasteiger charge is -2.21. The zero-order chi connectivity index (χ0) is 12.2. The van der Waals surface area contributed by atoms with E-state index in [0.29, 0.717) is 13.0 Å². The van der Waals surface area contributed by atoms with E-state index in [9.17, 15) is 9.59 Å². The Kier molecular flexibility index (Phi) is 4.33. The summed E-state index contributed by atoms with van der Waals surface area (Å²) >= 11 is 0. The first kappa shape index (κ1) is 13.0. The molecule has 4 heteroatoms. The van der Waals surface area contributed by atoms with Gasteiger partial charge < -0.3 is 9.47 Å². The molecule has 1 fully saturated rings. The van der Waals surface area contributed by atoms with Crippen LogP contribution in [-0.4, -0.2) is 24.6 Å². The molecule has 0 spiro atoms. The van der Waals surface area contributed by atoms with Crippen LogP contribution in [0.25, 0.3) is 0 Å². The van der Waals surface area contributed by atoms with E-state index in [1.807, 2.05) is 13.8 Å². The SMILES string of the molecule is CCCCCC(=O)O[C@H]1C(=O)OCC1(C)C. The lowest BCUT2D eigenvalue weighted by Crippen LogP contribution is -2.34. The zero-order valence-electron chi connectivity index (χ0n) is 10.2. The van der Waals surface area contributed by atoms with Gasteiger partial charge in [-0.1, -0.05) is 33.6 Å². The molecule has 0 bridgehead atoms. The maximum absolute atomic E-state index is 11.5. The van der Waals surface area contributed by atoms with Gasteiger partial charge in [-0.15, -0.1) is 0 Å². The van der Waals surface area contributed by atoms with Gasteiger partial charge in [-0.05, 0) is 6.42 Å². The van der Waals surface area contributed by atoms with Crippen LogP contribution in [0.4, 0.5) is 0 Å². The number of carbonyl (C=O) groups is 2. The van der Waals surface area contributed by atoms with Gasteiger partial charge in [0.15, 0.2) is 0 Å². The molecule has 1 heterocycles. The van der Waals surface area contributed by atoms with Crippen LogP contribution in [-0.2, 0) is 19.1 Å². The number of hydrogen-bond acceptors (Lipinski definition) is 4. The molecule has 0 saturated carbocycles. The van der Waals surface area contributed by atoms with Gasteiger partial charge in [0.25, 0.3) is 0 Å². The number of hydrogen-bond donors (Lipinski definition) is 0. The van der Waals surface area contributed by atoms with Crippen molar-refractivity contribution in [3.8, 4) is 0 Å². The molecule has 0 aromatic rings. The van der Waals surface area contributed by atoms with Gasteiger partial charge in [0.2, 0.25) is 6.10 Å². The van der Waals surface area contributed by atoms with E-state index in [2.05, 4.69) is 6.92 Å². The van der Waals surface area contributed by atoms with Gasteiger partial charge in [0, 0.05) is 11.8 Å². The minimum Gasteiger partial charge on any atom is -0.462 e. The molecular weight excluding hydrogens is 208 g/mol. The third-order valence-electron chi connectivity index (χ3n) is 2.74. The van der Waals surface area contributed by atoms with Crippen LogP contribution in [0.5, 0.6) is 0 Å². The first-order valence-electron chi connectivity index (χ1n) is 5.83. The van der Waals surface area contributed by atoms with Crippen LogP contribution in [0.2, 0.25) is 0 Å². The van der Waals surface area contributed by atoms with Crippen molar-refractivity contribution in [3.63, 3.8) is 0 Å². The zero-order valence-corrected chi connectivity index (χ0v) is 10.2. The van der Waals surface area contributed by atoms with Gasteiger partial charge in [0.05, 0.1) is 0 Å². The molecule has 92 valence electrons. The van der Waals surface area contributed by atoms with Gasteiger partial charge in [-0.25, -0.2) is 4.79 Å². The summed E-state index contributed by atoms with van der Waals surface area (Å²) in [6, 6.07) is 0. The summed E-state index contributed by atoms with van der Waals surface area (Å²) in [5.41, 5.74) is -0.405. The van der Waals surface area contributed by atoms with Crippen molar-refractivity contribution in [2.45, 2.75) is 52.6 Å². The second-order valence-electron chi connectivity index (χ2n) is 4.92. The van der Waals surface area contributed by atoms with E-state index in [0.717, 1.165) is 19.3 Å². The topological polar surface area (TPSA) is 52.6 Å². The third kappa shape index (κ3) is 3.22. The first-order chi connectivity index (χ1) is 7.47. The van der Waals surface area contributed by atoms with Crippen LogP contribution >= 0.6 is 0 Å². The minimum absolute atomic E-state index is 0.301. The number of ether oxygens (including phenoxy) is 2. The fourth-order valence-corrected chi connectivity index (χ4v) is 1.64. The maximum Gasteiger partial charge on any atom is 0.348 e. The fourth-order valence-electron chi connectivity index (χ4n) is 1.64. The van der Waals surface area contributed by atoms with E-state index >= 15 is 0 Å². The first-order valence-corrected chi connectivity index (χ1v) is 5.83. The summed E-state index contributed by atoms with van der Waals surface area (Å²) in [5.74, 6) is -0.723. The highest BCUT2D eigenvalue weighted by atomic mass is 16.6. The van der Waals surface area contributed by atoms with Crippen molar-refractivity contribution >= 4 is 11.9 Å². The molecule has 1 atom stereocenters. The highest BCUT2D eigenvalue weighted by molar-refractivity contribution is 5.81. The molecule has 4 nitrogen and oxygen atoms in total. The van der Waals surface area contributed by atoms with Crippen molar-refractivity contribution in [1.82, 2.24) is 0 Å². The fraction of sp³-hybridized carbons (Fsp3) is 0.833. The molecule has 0 unspecified atom stereocenters. The largest absolute Gasteiger partial charge is 0.462 e. The van der Waals surface area contributed by atoms with Crippen LogP contribution in [0.1, 0.15) is 46.5 Å². The van der Waals surface area contributed by atoms with E-state index in [1.165, 1.54) is 0 Å². The van der Waals surface area contributed by atoms with E-state index < -0.39 is 17.5 Å². The lowest BCUT2D eigenvalue weighted by atomic mass is 9.90. The van der Waals surface area contributed by atoms with Crippen molar-refractivity contribution in [3.05, 3.63) is 0 Å². The summed E-state index contributed by atoms with van der Waals surface area (Å²) in [6.07, 6.45) is 2.53. The molecule has 0 aliphatic carbocycles. The Balaban J connectivity index is 2.40. The Labute approximate surface area is 96.3 Å². The van der Waals surface area contributed by atoms with Crippen LogP contribution in [0, 0.1) is 5.41 Å². The van der Waals surface area contributed by atoms with Gasteiger partial charge in [-0.3, -0.25) is 4.79 Å². The van der Waals surface area contributed by atoms with Gasteiger partial charge in [-0.2, -0.15) is 0 Å². The molecule has 1 rings (SSSR count). The van der Waals surface area contributed by atoms with Crippen molar-refractivity contribution in [1.29, 1.82) is 0 Å². The molecule has 0 aromatic carbocycles. The quantitative estimate of drug-likeness (QED) is 0.534. The number of rotatable bonds is 5. The third-order valence-corrected chi connectivity index (χ3v) is 2.74. The molecule has 1 saturated heterocycles. The molecule has 0 aromatic heterocycles. The number of esters is 2. The summed E-state index contributed by atoms with van der Waals surface area (Å²) in [6.45, 7) is 6.12. The summed E-state index contributed by atoms with van der Waals surface area (Å²) in [4.78, 5) is 22.8. The Morgan fingerprint density at radius 1 is 1.50 bits per heavy atom. The standard InChI is InChI=1S/C12H20O4/c1-4-5-6-7-9(13)16-10-11(14)15-8-12(10,2)3/h10H,4-8H2,1-3H3/t10-/m0/s1. The molecule has 0 N–H and O–H groups in total. The number of cyclic esters (lactones) is 1. The molecule has 16 heavy (non-hydrogen) atoms.